The molecule has 3 rings (SSSR count). The molecule has 2 aliphatic rings. The van der Waals surface area contributed by atoms with Crippen molar-refractivity contribution in [3.63, 3.8) is 0 Å². The summed E-state index contributed by atoms with van der Waals surface area (Å²) in [6, 6.07) is 6.55. The minimum absolute atomic E-state index is 0.0167. The highest BCUT2D eigenvalue weighted by Gasteiger charge is 2.42. The van der Waals surface area contributed by atoms with Crippen molar-refractivity contribution < 1.29 is 9.53 Å². The first-order valence-corrected chi connectivity index (χ1v) is 10.1. The zero-order chi connectivity index (χ0) is 20.1. The van der Waals surface area contributed by atoms with Gasteiger partial charge in [0.15, 0.2) is 6.61 Å². The molecule has 1 amide bonds. The van der Waals surface area contributed by atoms with Gasteiger partial charge in [0.25, 0.3) is 0 Å². The Bertz CT molecular complexity index is 762. The number of amides is 1. The van der Waals surface area contributed by atoms with Crippen LogP contribution in [0.1, 0.15) is 38.7 Å². The molecule has 2 fully saturated rings. The first-order chi connectivity index (χ1) is 13.4. The lowest BCUT2D eigenvalue weighted by Crippen LogP contribution is -2.53. The second kappa shape index (κ2) is 8.74. The summed E-state index contributed by atoms with van der Waals surface area (Å²) < 4.78 is 5.22. The van der Waals surface area contributed by atoms with E-state index in [1.54, 1.807) is 6.92 Å². The van der Waals surface area contributed by atoms with Gasteiger partial charge < -0.3 is 20.7 Å². The third-order valence-electron chi connectivity index (χ3n) is 5.98. The number of carbonyl (C=O) groups excluding carboxylic acids is 1. The Kier molecular flexibility index (Phi) is 6.35. The molecule has 1 aromatic carbocycles. The van der Waals surface area contributed by atoms with Gasteiger partial charge in [0.2, 0.25) is 0 Å². The summed E-state index contributed by atoms with van der Waals surface area (Å²) in [5.41, 5.74) is 9.18. The van der Waals surface area contributed by atoms with Crippen molar-refractivity contribution in [1.82, 2.24) is 9.80 Å². The minimum atomic E-state index is -0.252. The number of nitrogens with one attached hydrogen (secondary N) is 1. The maximum absolute atomic E-state index is 12.2. The van der Waals surface area contributed by atoms with Gasteiger partial charge in [-0.2, -0.15) is 0 Å². The molecular weight excluding hydrogens is 352 g/mol. The lowest BCUT2D eigenvalue weighted by molar-refractivity contribution is 0.0755. The van der Waals surface area contributed by atoms with Crippen LogP contribution < -0.4 is 11.1 Å². The number of aryl methyl sites for hydroxylation is 1. The molecule has 2 heterocycles. The molecule has 6 heteroatoms. The Hall–Kier alpha value is -2.39. The van der Waals surface area contributed by atoms with Crippen molar-refractivity contribution >= 4 is 17.5 Å². The molecule has 0 radical (unpaired) electrons. The number of hydrogen-bond donors (Lipinski definition) is 2. The van der Waals surface area contributed by atoms with Crippen molar-refractivity contribution in [2.75, 3.05) is 43.8 Å². The van der Waals surface area contributed by atoms with Gasteiger partial charge in [-0.15, -0.1) is 5.92 Å². The van der Waals surface area contributed by atoms with Crippen LogP contribution in [0.25, 0.3) is 0 Å². The Morgan fingerprint density at radius 1 is 1.36 bits per heavy atom. The lowest BCUT2D eigenvalue weighted by atomic mass is 9.93. The number of piperidine rings is 1. The predicted molar refractivity (Wildman–Crippen MR) is 113 cm³/mol. The summed E-state index contributed by atoms with van der Waals surface area (Å²) >= 11 is 0. The number of anilines is 2. The van der Waals surface area contributed by atoms with Crippen LogP contribution in [0.15, 0.2) is 18.2 Å². The molecule has 2 aliphatic heterocycles. The number of nitrogens with two attached hydrogens (primary N) is 1. The van der Waals surface area contributed by atoms with Crippen LogP contribution in [0.4, 0.5) is 16.2 Å². The van der Waals surface area contributed by atoms with E-state index >= 15 is 0 Å². The topological polar surface area (TPSA) is 70.8 Å². The van der Waals surface area contributed by atoms with Gasteiger partial charge in [-0.25, -0.2) is 4.79 Å². The van der Waals surface area contributed by atoms with Crippen molar-refractivity contribution in [3.05, 3.63) is 23.8 Å². The van der Waals surface area contributed by atoms with E-state index in [0.717, 1.165) is 50.3 Å². The van der Waals surface area contributed by atoms with Gasteiger partial charge in [-0.3, -0.25) is 4.90 Å². The van der Waals surface area contributed by atoms with Crippen molar-refractivity contribution in [3.8, 4) is 11.8 Å². The zero-order valence-corrected chi connectivity index (χ0v) is 17.3. The van der Waals surface area contributed by atoms with Crippen LogP contribution in [0.2, 0.25) is 0 Å². The van der Waals surface area contributed by atoms with Crippen LogP contribution >= 0.6 is 0 Å². The highest BCUT2D eigenvalue weighted by atomic mass is 16.6. The SMILES string of the molecule is CC#CCOC(=O)N1CCC(C)(N2CCC(Nc3cc(C)ccc3N)CC2)C1. The van der Waals surface area contributed by atoms with Gasteiger partial charge in [0, 0.05) is 37.8 Å². The highest BCUT2D eigenvalue weighted by molar-refractivity contribution is 5.68. The van der Waals surface area contributed by atoms with Crippen LogP contribution in [0.3, 0.4) is 0 Å². The molecule has 28 heavy (non-hydrogen) atoms. The number of hydrogen-bond acceptors (Lipinski definition) is 5. The first-order valence-electron chi connectivity index (χ1n) is 10.1. The van der Waals surface area contributed by atoms with Gasteiger partial charge in [0.1, 0.15) is 0 Å². The summed E-state index contributed by atoms with van der Waals surface area (Å²) in [5, 5.41) is 3.62. The number of likely N-dealkylation sites (tertiary alicyclic amines) is 2. The molecule has 0 saturated carbocycles. The number of ether oxygens (including phenoxy) is 1. The molecule has 0 spiro atoms. The third-order valence-corrected chi connectivity index (χ3v) is 5.98. The molecule has 1 unspecified atom stereocenters. The minimum Gasteiger partial charge on any atom is -0.436 e. The number of nitrogen functional groups attached to an aromatic ring is 1. The van der Waals surface area contributed by atoms with E-state index in [9.17, 15) is 4.79 Å². The van der Waals surface area contributed by atoms with Crippen LogP contribution in [-0.2, 0) is 4.74 Å². The molecule has 6 nitrogen and oxygen atoms in total. The molecule has 0 aliphatic carbocycles. The molecule has 3 N–H and O–H groups in total. The third kappa shape index (κ3) is 4.71. The largest absolute Gasteiger partial charge is 0.436 e. The van der Waals surface area contributed by atoms with E-state index in [-0.39, 0.29) is 18.2 Å². The standard InChI is InChI=1S/C22H32N4O2/c1-4-5-14-28-21(27)25-13-10-22(3,16-25)26-11-8-18(9-12-26)24-20-15-17(2)6-7-19(20)23/h6-7,15,18,24H,8-14,16,23H2,1-3H3. The number of benzene rings is 1. The number of rotatable bonds is 4. The van der Waals surface area contributed by atoms with Gasteiger partial charge in [0.05, 0.1) is 11.4 Å². The molecular formula is C22H32N4O2. The summed E-state index contributed by atoms with van der Waals surface area (Å²) in [6.45, 7) is 9.75. The van der Waals surface area contributed by atoms with Gasteiger partial charge >= 0.3 is 6.09 Å². The van der Waals surface area contributed by atoms with Gasteiger partial charge in [-0.05, 0) is 57.7 Å². The van der Waals surface area contributed by atoms with Gasteiger partial charge in [-0.1, -0.05) is 12.0 Å². The fraction of sp³-hybridized carbons (Fsp3) is 0.591. The van der Waals surface area contributed by atoms with E-state index in [0.29, 0.717) is 12.6 Å². The smallest absolute Gasteiger partial charge is 0.410 e. The van der Waals surface area contributed by atoms with Crippen molar-refractivity contribution in [2.45, 2.75) is 51.6 Å². The fourth-order valence-corrected chi connectivity index (χ4v) is 4.20. The fourth-order valence-electron chi connectivity index (χ4n) is 4.20. The first kappa shape index (κ1) is 20.3. The normalized spacial score (nSPS) is 23.2. The Morgan fingerprint density at radius 3 is 2.82 bits per heavy atom. The van der Waals surface area contributed by atoms with E-state index in [2.05, 4.69) is 42.0 Å². The van der Waals surface area contributed by atoms with Crippen LogP contribution in [-0.4, -0.2) is 60.3 Å². The average Bonchev–Trinajstić information content (AvgIpc) is 3.09. The summed E-state index contributed by atoms with van der Waals surface area (Å²) in [7, 11) is 0. The molecule has 0 bridgehead atoms. The quantitative estimate of drug-likeness (QED) is 0.617. The van der Waals surface area contributed by atoms with E-state index in [1.165, 1.54) is 5.56 Å². The Balaban J connectivity index is 1.51. The molecule has 2 saturated heterocycles. The molecule has 0 aromatic heterocycles. The second-order valence-corrected chi connectivity index (χ2v) is 8.15. The highest BCUT2D eigenvalue weighted by Crippen LogP contribution is 2.32. The van der Waals surface area contributed by atoms with Crippen molar-refractivity contribution in [2.24, 2.45) is 0 Å². The molecule has 1 atom stereocenters. The summed E-state index contributed by atoms with van der Waals surface area (Å²) in [5.74, 6) is 5.51. The van der Waals surface area contributed by atoms with E-state index in [4.69, 9.17) is 10.5 Å². The molecule has 1 aromatic rings. The Labute approximate surface area is 168 Å². The molecule has 152 valence electrons. The second-order valence-electron chi connectivity index (χ2n) is 8.15. The zero-order valence-electron chi connectivity index (χ0n) is 17.3. The average molecular weight is 385 g/mol. The monoisotopic (exact) mass is 384 g/mol. The maximum Gasteiger partial charge on any atom is 0.410 e. The van der Waals surface area contributed by atoms with Crippen molar-refractivity contribution in [1.29, 1.82) is 0 Å². The predicted octanol–water partition coefficient (Wildman–Crippen LogP) is 3.08. The van der Waals surface area contributed by atoms with Crippen LogP contribution in [0, 0.1) is 18.8 Å². The lowest BCUT2D eigenvalue weighted by Gasteiger charge is -2.43. The maximum atomic E-state index is 12.2. The Morgan fingerprint density at radius 2 is 2.11 bits per heavy atom. The van der Waals surface area contributed by atoms with E-state index in [1.807, 2.05) is 17.0 Å². The van der Waals surface area contributed by atoms with E-state index < -0.39 is 0 Å². The number of nitrogens with zero attached hydrogens (tertiary/aromatic N) is 2. The summed E-state index contributed by atoms with van der Waals surface area (Å²) in [6.07, 6.45) is 2.86. The number of carbonyl (C=O) groups is 1. The summed E-state index contributed by atoms with van der Waals surface area (Å²) in [4.78, 5) is 16.5. The van der Waals surface area contributed by atoms with Crippen LogP contribution in [0.5, 0.6) is 0 Å².